The zero-order valence-electron chi connectivity index (χ0n) is 11.9. The lowest BCUT2D eigenvalue weighted by molar-refractivity contribution is 0.0419. The van der Waals surface area contributed by atoms with Crippen molar-refractivity contribution in [3.63, 3.8) is 0 Å². The van der Waals surface area contributed by atoms with E-state index in [4.69, 9.17) is 0 Å². The minimum Gasteiger partial charge on any atom is -0.317 e. The normalized spacial score (nSPS) is 34.3. The van der Waals surface area contributed by atoms with Gasteiger partial charge in [0.05, 0.1) is 0 Å². The van der Waals surface area contributed by atoms with Gasteiger partial charge in [-0.15, -0.1) is 0 Å². The van der Waals surface area contributed by atoms with E-state index in [1.54, 1.807) is 0 Å². The number of hydrogen-bond donors (Lipinski definition) is 1. The fourth-order valence-electron chi connectivity index (χ4n) is 4.53. The van der Waals surface area contributed by atoms with Crippen molar-refractivity contribution in [2.75, 3.05) is 26.2 Å². The molecule has 18 heavy (non-hydrogen) atoms. The standard InChI is InChI=1S/C16H30N2/c1-2-7-16(8-3-1)9-13-18(14-10-16)15-5-4-11-17-12-6-15/h15,17H,1-14H2. The van der Waals surface area contributed by atoms with E-state index in [9.17, 15) is 0 Å². The minimum absolute atomic E-state index is 0.776. The summed E-state index contributed by atoms with van der Waals surface area (Å²) >= 11 is 0. The maximum Gasteiger partial charge on any atom is 0.0108 e. The molecule has 2 heteroatoms. The van der Waals surface area contributed by atoms with Crippen LogP contribution in [-0.2, 0) is 0 Å². The molecule has 1 atom stereocenters. The van der Waals surface area contributed by atoms with Gasteiger partial charge in [0, 0.05) is 6.04 Å². The van der Waals surface area contributed by atoms with E-state index in [0.29, 0.717) is 0 Å². The Morgan fingerprint density at radius 2 is 1.56 bits per heavy atom. The summed E-state index contributed by atoms with van der Waals surface area (Å²) in [5, 5.41) is 3.55. The second kappa shape index (κ2) is 5.92. The van der Waals surface area contributed by atoms with E-state index < -0.39 is 0 Å². The highest BCUT2D eigenvalue weighted by Gasteiger charge is 2.36. The van der Waals surface area contributed by atoms with E-state index in [-0.39, 0.29) is 0 Å². The Morgan fingerprint density at radius 3 is 2.33 bits per heavy atom. The van der Waals surface area contributed by atoms with Gasteiger partial charge in [-0.2, -0.15) is 0 Å². The Balaban J connectivity index is 1.52. The van der Waals surface area contributed by atoms with Gasteiger partial charge in [0.2, 0.25) is 0 Å². The number of likely N-dealkylation sites (tertiary alicyclic amines) is 1. The van der Waals surface area contributed by atoms with Gasteiger partial charge >= 0.3 is 0 Å². The first-order valence-corrected chi connectivity index (χ1v) is 8.33. The molecule has 1 unspecified atom stereocenters. The van der Waals surface area contributed by atoms with E-state index in [1.807, 2.05) is 0 Å². The summed E-state index contributed by atoms with van der Waals surface area (Å²) in [7, 11) is 0. The SMILES string of the molecule is C1CCC2(CC1)CCN(C1CCCNCC1)CC2. The highest BCUT2D eigenvalue weighted by Crippen LogP contribution is 2.45. The molecule has 1 N–H and O–H groups in total. The van der Waals surface area contributed by atoms with Crippen molar-refractivity contribution in [3.05, 3.63) is 0 Å². The third-order valence-corrected chi connectivity index (χ3v) is 5.83. The average Bonchev–Trinajstić information content (AvgIpc) is 2.70. The van der Waals surface area contributed by atoms with Crippen LogP contribution in [0.1, 0.15) is 64.2 Å². The molecule has 0 radical (unpaired) electrons. The van der Waals surface area contributed by atoms with Crippen LogP contribution in [-0.4, -0.2) is 37.1 Å². The van der Waals surface area contributed by atoms with Crippen molar-refractivity contribution in [2.45, 2.75) is 70.3 Å². The summed E-state index contributed by atoms with van der Waals surface area (Å²) in [5.41, 5.74) is 0.776. The number of rotatable bonds is 1. The molecule has 2 heterocycles. The Kier molecular flexibility index (Phi) is 4.25. The molecule has 2 nitrogen and oxygen atoms in total. The van der Waals surface area contributed by atoms with Gasteiger partial charge in [0.15, 0.2) is 0 Å². The van der Waals surface area contributed by atoms with Crippen molar-refractivity contribution >= 4 is 0 Å². The third-order valence-electron chi connectivity index (χ3n) is 5.83. The lowest BCUT2D eigenvalue weighted by Gasteiger charge is -2.46. The first kappa shape index (κ1) is 12.9. The molecule has 104 valence electrons. The predicted molar refractivity (Wildman–Crippen MR) is 76.8 cm³/mol. The quantitative estimate of drug-likeness (QED) is 0.769. The second-order valence-electron chi connectivity index (χ2n) is 6.93. The summed E-state index contributed by atoms with van der Waals surface area (Å²) in [6.45, 7) is 5.27. The van der Waals surface area contributed by atoms with Gasteiger partial charge < -0.3 is 10.2 Å². The molecular weight excluding hydrogens is 220 g/mol. The van der Waals surface area contributed by atoms with Crippen molar-refractivity contribution in [2.24, 2.45) is 5.41 Å². The van der Waals surface area contributed by atoms with Gasteiger partial charge in [0.1, 0.15) is 0 Å². The molecule has 0 amide bonds. The fraction of sp³-hybridized carbons (Fsp3) is 1.00. The maximum absolute atomic E-state index is 3.55. The van der Waals surface area contributed by atoms with Crippen molar-refractivity contribution in [1.82, 2.24) is 10.2 Å². The van der Waals surface area contributed by atoms with Crippen molar-refractivity contribution < 1.29 is 0 Å². The summed E-state index contributed by atoms with van der Waals surface area (Å²) in [5.74, 6) is 0. The van der Waals surface area contributed by atoms with Crippen LogP contribution in [0.15, 0.2) is 0 Å². The number of hydrogen-bond acceptors (Lipinski definition) is 2. The summed E-state index contributed by atoms with van der Waals surface area (Å²) in [6, 6.07) is 0.890. The van der Waals surface area contributed by atoms with E-state index in [1.165, 1.54) is 90.4 Å². The first-order valence-electron chi connectivity index (χ1n) is 8.33. The number of nitrogens with zero attached hydrogens (tertiary/aromatic N) is 1. The molecule has 1 saturated carbocycles. The van der Waals surface area contributed by atoms with Crippen LogP contribution in [0, 0.1) is 5.41 Å². The van der Waals surface area contributed by atoms with E-state index in [2.05, 4.69) is 10.2 Å². The highest BCUT2D eigenvalue weighted by molar-refractivity contribution is 4.90. The molecule has 1 spiro atoms. The largest absolute Gasteiger partial charge is 0.317 e. The lowest BCUT2D eigenvalue weighted by atomic mass is 9.68. The lowest BCUT2D eigenvalue weighted by Crippen LogP contribution is -2.46. The molecule has 1 aliphatic carbocycles. The van der Waals surface area contributed by atoms with E-state index >= 15 is 0 Å². The van der Waals surface area contributed by atoms with Gasteiger partial charge in [-0.3, -0.25) is 0 Å². The van der Waals surface area contributed by atoms with Crippen LogP contribution in [0.4, 0.5) is 0 Å². The fourth-order valence-corrected chi connectivity index (χ4v) is 4.53. The smallest absolute Gasteiger partial charge is 0.0108 e. The number of nitrogens with one attached hydrogen (secondary N) is 1. The van der Waals surface area contributed by atoms with Crippen LogP contribution < -0.4 is 5.32 Å². The average molecular weight is 250 g/mol. The Bertz CT molecular complexity index is 240. The minimum atomic E-state index is 0.776. The molecule has 2 saturated heterocycles. The monoisotopic (exact) mass is 250 g/mol. The third kappa shape index (κ3) is 2.91. The zero-order chi connectivity index (χ0) is 12.3. The second-order valence-corrected chi connectivity index (χ2v) is 6.93. The summed E-state index contributed by atoms with van der Waals surface area (Å²) in [4.78, 5) is 2.83. The van der Waals surface area contributed by atoms with E-state index in [0.717, 1.165) is 11.5 Å². The molecule has 2 aliphatic heterocycles. The van der Waals surface area contributed by atoms with Gasteiger partial charge in [-0.1, -0.05) is 19.3 Å². The molecule has 0 aromatic carbocycles. The van der Waals surface area contributed by atoms with Gasteiger partial charge in [0.25, 0.3) is 0 Å². The molecule has 0 bridgehead atoms. The van der Waals surface area contributed by atoms with Crippen LogP contribution in [0.5, 0.6) is 0 Å². The van der Waals surface area contributed by atoms with Crippen LogP contribution in [0.3, 0.4) is 0 Å². The first-order chi connectivity index (χ1) is 8.88. The maximum atomic E-state index is 3.55. The zero-order valence-corrected chi connectivity index (χ0v) is 11.9. The Hall–Kier alpha value is -0.0800. The predicted octanol–water partition coefficient (Wildman–Crippen LogP) is 3.17. The van der Waals surface area contributed by atoms with Gasteiger partial charge in [-0.05, 0) is 76.5 Å². The number of piperidine rings is 1. The Morgan fingerprint density at radius 1 is 0.778 bits per heavy atom. The van der Waals surface area contributed by atoms with Crippen LogP contribution >= 0.6 is 0 Å². The summed E-state index contributed by atoms with van der Waals surface area (Å²) < 4.78 is 0. The van der Waals surface area contributed by atoms with Crippen LogP contribution in [0.2, 0.25) is 0 Å². The molecule has 3 aliphatic rings. The molecule has 3 fully saturated rings. The molecular formula is C16H30N2. The Labute approximate surface area is 113 Å². The van der Waals surface area contributed by atoms with Crippen LogP contribution in [0.25, 0.3) is 0 Å². The molecule has 0 aromatic heterocycles. The molecule has 0 aromatic rings. The van der Waals surface area contributed by atoms with Crippen molar-refractivity contribution in [1.29, 1.82) is 0 Å². The van der Waals surface area contributed by atoms with Crippen molar-refractivity contribution in [3.8, 4) is 0 Å². The molecule has 3 rings (SSSR count). The summed E-state index contributed by atoms with van der Waals surface area (Å²) in [6.07, 6.45) is 14.8. The topological polar surface area (TPSA) is 15.3 Å². The van der Waals surface area contributed by atoms with Gasteiger partial charge in [-0.25, -0.2) is 0 Å². The highest BCUT2D eigenvalue weighted by atomic mass is 15.2.